The van der Waals surface area contributed by atoms with E-state index in [2.05, 4.69) is 15.0 Å². The van der Waals surface area contributed by atoms with Crippen molar-refractivity contribution in [2.75, 3.05) is 13.7 Å². The number of methoxy groups -OCH3 is 1. The standard InChI is InChI=1S/C21H22ClN3O3/c1-21(2,26)13-28-20-24-11-15(12-25-20)7-14-8-18(19(27-3)23-10-14)16-5-4-6-17(22)9-16/h4-6,8-12,26H,7,13H2,1-3H3. The molecule has 0 radical (unpaired) electrons. The summed E-state index contributed by atoms with van der Waals surface area (Å²) in [6.45, 7) is 3.45. The van der Waals surface area contributed by atoms with E-state index in [0.29, 0.717) is 17.3 Å². The molecule has 0 aliphatic carbocycles. The lowest BCUT2D eigenvalue weighted by molar-refractivity contribution is 0.0250. The predicted octanol–water partition coefficient (Wildman–Crippen LogP) is 3.94. The van der Waals surface area contributed by atoms with Crippen LogP contribution in [0.1, 0.15) is 25.0 Å². The molecule has 0 amide bonds. The zero-order valence-corrected chi connectivity index (χ0v) is 16.8. The maximum atomic E-state index is 9.70. The molecule has 7 heteroatoms. The molecule has 0 aliphatic rings. The number of benzene rings is 1. The van der Waals surface area contributed by atoms with Crippen molar-refractivity contribution >= 4 is 11.6 Å². The Kier molecular flexibility index (Phi) is 6.11. The minimum Gasteiger partial charge on any atom is -0.481 e. The Hall–Kier alpha value is -2.70. The van der Waals surface area contributed by atoms with Crippen LogP contribution in [0.2, 0.25) is 5.02 Å². The van der Waals surface area contributed by atoms with Crippen LogP contribution in [0.3, 0.4) is 0 Å². The van der Waals surface area contributed by atoms with E-state index in [1.807, 2.05) is 30.3 Å². The zero-order chi connectivity index (χ0) is 20.1. The van der Waals surface area contributed by atoms with Gasteiger partial charge in [0.1, 0.15) is 6.61 Å². The monoisotopic (exact) mass is 399 g/mol. The quantitative estimate of drug-likeness (QED) is 0.648. The number of hydrogen-bond donors (Lipinski definition) is 1. The smallest absolute Gasteiger partial charge is 0.316 e. The number of rotatable bonds is 7. The van der Waals surface area contributed by atoms with Crippen LogP contribution in [-0.4, -0.2) is 39.4 Å². The average Bonchev–Trinajstić information content (AvgIpc) is 2.67. The van der Waals surface area contributed by atoms with Gasteiger partial charge in [-0.1, -0.05) is 23.7 Å². The Morgan fingerprint density at radius 2 is 1.75 bits per heavy atom. The normalized spacial score (nSPS) is 11.3. The van der Waals surface area contributed by atoms with Crippen molar-refractivity contribution in [1.29, 1.82) is 0 Å². The maximum absolute atomic E-state index is 9.70. The molecule has 0 spiro atoms. The number of hydrogen-bond acceptors (Lipinski definition) is 6. The van der Waals surface area contributed by atoms with Crippen molar-refractivity contribution < 1.29 is 14.6 Å². The van der Waals surface area contributed by atoms with E-state index in [1.165, 1.54) is 0 Å². The number of halogens is 1. The highest BCUT2D eigenvalue weighted by molar-refractivity contribution is 6.30. The molecule has 2 aromatic heterocycles. The molecule has 3 aromatic rings. The first-order valence-corrected chi connectivity index (χ1v) is 9.17. The van der Waals surface area contributed by atoms with Gasteiger partial charge in [-0.25, -0.2) is 15.0 Å². The fourth-order valence-electron chi connectivity index (χ4n) is 2.60. The van der Waals surface area contributed by atoms with Crippen molar-refractivity contribution in [2.24, 2.45) is 0 Å². The number of nitrogens with zero attached hydrogens (tertiary/aromatic N) is 3. The van der Waals surface area contributed by atoms with Crippen LogP contribution >= 0.6 is 11.6 Å². The summed E-state index contributed by atoms with van der Waals surface area (Å²) in [7, 11) is 1.59. The highest BCUT2D eigenvalue weighted by atomic mass is 35.5. The third-order valence-corrected chi connectivity index (χ3v) is 4.12. The summed E-state index contributed by atoms with van der Waals surface area (Å²) < 4.78 is 10.8. The van der Waals surface area contributed by atoms with E-state index in [9.17, 15) is 5.11 Å². The molecular formula is C21H22ClN3O3. The largest absolute Gasteiger partial charge is 0.481 e. The van der Waals surface area contributed by atoms with Gasteiger partial charge in [-0.05, 0) is 48.7 Å². The van der Waals surface area contributed by atoms with Crippen molar-refractivity contribution in [3.63, 3.8) is 0 Å². The molecule has 0 fully saturated rings. The predicted molar refractivity (Wildman–Crippen MR) is 108 cm³/mol. The number of aliphatic hydroxyl groups is 1. The Labute approximate surface area is 169 Å². The first kappa shape index (κ1) is 20.0. The van der Waals surface area contributed by atoms with Gasteiger partial charge in [0, 0.05) is 35.6 Å². The Morgan fingerprint density at radius 3 is 2.39 bits per heavy atom. The van der Waals surface area contributed by atoms with Gasteiger partial charge in [0.2, 0.25) is 5.88 Å². The van der Waals surface area contributed by atoms with E-state index in [0.717, 1.165) is 22.3 Å². The molecule has 0 unspecified atom stereocenters. The van der Waals surface area contributed by atoms with Crippen LogP contribution in [0.15, 0.2) is 48.9 Å². The molecule has 0 atom stereocenters. The summed E-state index contributed by atoms with van der Waals surface area (Å²) in [4.78, 5) is 12.8. The summed E-state index contributed by atoms with van der Waals surface area (Å²) in [6.07, 6.45) is 5.79. The maximum Gasteiger partial charge on any atom is 0.316 e. The second kappa shape index (κ2) is 8.54. The minimum absolute atomic E-state index is 0.123. The van der Waals surface area contributed by atoms with Gasteiger partial charge >= 0.3 is 6.01 Å². The fourth-order valence-corrected chi connectivity index (χ4v) is 2.79. The van der Waals surface area contributed by atoms with Gasteiger partial charge in [-0.15, -0.1) is 0 Å². The van der Waals surface area contributed by atoms with Crippen LogP contribution in [0.25, 0.3) is 11.1 Å². The fraction of sp³-hybridized carbons (Fsp3) is 0.286. The van der Waals surface area contributed by atoms with Crippen molar-refractivity contribution in [3.8, 4) is 23.0 Å². The highest BCUT2D eigenvalue weighted by Crippen LogP contribution is 2.31. The van der Waals surface area contributed by atoms with E-state index in [-0.39, 0.29) is 12.6 Å². The second-order valence-corrected chi connectivity index (χ2v) is 7.50. The molecule has 0 saturated carbocycles. The lowest BCUT2D eigenvalue weighted by Crippen LogP contribution is -2.28. The first-order chi connectivity index (χ1) is 13.3. The van der Waals surface area contributed by atoms with Gasteiger partial charge < -0.3 is 14.6 Å². The lowest BCUT2D eigenvalue weighted by Gasteiger charge is -2.16. The summed E-state index contributed by atoms with van der Waals surface area (Å²) in [5, 5.41) is 10.4. The van der Waals surface area contributed by atoms with Crippen molar-refractivity contribution in [3.05, 3.63) is 65.1 Å². The molecule has 1 N–H and O–H groups in total. The van der Waals surface area contributed by atoms with E-state index in [1.54, 1.807) is 39.5 Å². The molecule has 3 rings (SSSR count). The molecular weight excluding hydrogens is 378 g/mol. The molecule has 6 nitrogen and oxygen atoms in total. The summed E-state index contributed by atoms with van der Waals surface area (Å²) in [6, 6.07) is 9.82. The number of aromatic nitrogens is 3. The van der Waals surface area contributed by atoms with Gasteiger partial charge in [-0.2, -0.15) is 0 Å². The van der Waals surface area contributed by atoms with Gasteiger partial charge in [0.15, 0.2) is 0 Å². The third-order valence-electron chi connectivity index (χ3n) is 3.88. The van der Waals surface area contributed by atoms with Crippen LogP contribution in [-0.2, 0) is 6.42 Å². The lowest BCUT2D eigenvalue weighted by atomic mass is 10.0. The van der Waals surface area contributed by atoms with E-state index in [4.69, 9.17) is 21.1 Å². The Morgan fingerprint density at radius 1 is 1.04 bits per heavy atom. The van der Waals surface area contributed by atoms with Crippen LogP contribution < -0.4 is 9.47 Å². The number of pyridine rings is 1. The summed E-state index contributed by atoms with van der Waals surface area (Å²) in [5.41, 5.74) is 2.77. The molecule has 1 aromatic carbocycles. The van der Waals surface area contributed by atoms with Crippen molar-refractivity contribution in [2.45, 2.75) is 25.9 Å². The summed E-state index contributed by atoms with van der Waals surface area (Å²) >= 11 is 6.12. The van der Waals surface area contributed by atoms with Crippen LogP contribution in [0.4, 0.5) is 0 Å². The molecule has 2 heterocycles. The molecule has 0 bridgehead atoms. The third kappa shape index (κ3) is 5.41. The molecule has 0 saturated heterocycles. The highest BCUT2D eigenvalue weighted by Gasteiger charge is 2.14. The molecule has 146 valence electrons. The zero-order valence-electron chi connectivity index (χ0n) is 16.0. The second-order valence-electron chi connectivity index (χ2n) is 7.06. The Bertz CT molecular complexity index is 940. The van der Waals surface area contributed by atoms with Gasteiger partial charge in [0.25, 0.3) is 0 Å². The molecule has 28 heavy (non-hydrogen) atoms. The van der Waals surface area contributed by atoms with Crippen LogP contribution in [0.5, 0.6) is 11.9 Å². The van der Waals surface area contributed by atoms with Crippen LogP contribution in [0, 0.1) is 0 Å². The van der Waals surface area contributed by atoms with Gasteiger partial charge in [-0.3, -0.25) is 0 Å². The van der Waals surface area contributed by atoms with Gasteiger partial charge in [0.05, 0.1) is 12.7 Å². The summed E-state index contributed by atoms with van der Waals surface area (Å²) in [5.74, 6) is 0.539. The van der Waals surface area contributed by atoms with Crippen molar-refractivity contribution in [1.82, 2.24) is 15.0 Å². The topological polar surface area (TPSA) is 77.4 Å². The SMILES string of the molecule is COc1ncc(Cc2cnc(OCC(C)(C)O)nc2)cc1-c1cccc(Cl)c1. The first-order valence-electron chi connectivity index (χ1n) is 8.79. The number of ether oxygens (including phenoxy) is 2. The van der Waals surface area contributed by atoms with E-state index < -0.39 is 5.60 Å². The minimum atomic E-state index is -0.937. The Balaban J connectivity index is 1.78. The molecule has 0 aliphatic heterocycles. The van der Waals surface area contributed by atoms with E-state index >= 15 is 0 Å². The average molecular weight is 400 g/mol.